The summed E-state index contributed by atoms with van der Waals surface area (Å²) < 4.78 is 18.5. The third-order valence-corrected chi connectivity index (χ3v) is 4.48. The van der Waals surface area contributed by atoms with Gasteiger partial charge in [0.15, 0.2) is 0 Å². The van der Waals surface area contributed by atoms with E-state index in [4.69, 9.17) is 4.74 Å². The largest absolute Gasteiger partial charge is 0.481 e. The summed E-state index contributed by atoms with van der Waals surface area (Å²) in [6, 6.07) is 7.59. The molecule has 0 unspecified atom stereocenters. The quantitative estimate of drug-likeness (QED) is 0.795. The van der Waals surface area contributed by atoms with Crippen molar-refractivity contribution in [3.05, 3.63) is 53.7 Å². The van der Waals surface area contributed by atoms with Gasteiger partial charge in [0, 0.05) is 24.4 Å². The molecule has 1 amide bonds. The van der Waals surface area contributed by atoms with Crippen LogP contribution >= 0.6 is 0 Å². The first-order chi connectivity index (χ1) is 12.2. The van der Waals surface area contributed by atoms with Gasteiger partial charge in [-0.1, -0.05) is 0 Å². The molecule has 0 spiro atoms. The molecule has 3 aromatic rings. The van der Waals surface area contributed by atoms with Crippen LogP contribution in [0, 0.1) is 5.82 Å². The van der Waals surface area contributed by atoms with Gasteiger partial charge in [0.05, 0.1) is 24.2 Å². The van der Waals surface area contributed by atoms with E-state index in [1.165, 1.54) is 19.2 Å². The Kier molecular flexibility index (Phi) is 3.83. The molecule has 1 saturated heterocycles. The number of H-pyrrole nitrogens is 1. The average molecular weight is 340 g/mol. The SMILES string of the molecule is COc1cc(C(=O)N2CCC[C@H]2c2nc3ccc(F)cc3[nH]2)ccn1. The van der Waals surface area contributed by atoms with E-state index in [0.717, 1.165) is 12.8 Å². The number of carbonyl (C=O) groups is 1. The molecular weight excluding hydrogens is 323 g/mol. The molecule has 0 aliphatic carbocycles. The van der Waals surface area contributed by atoms with Crippen LogP contribution in [0.5, 0.6) is 5.88 Å². The zero-order valence-corrected chi connectivity index (χ0v) is 13.7. The zero-order chi connectivity index (χ0) is 17.4. The topological polar surface area (TPSA) is 71.1 Å². The second kappa shape index (κ2) is 6.16. The van der Waals surface area contributed by atoms with Gasteiger partial charge in [-0.05, 0) is 37.1 Å². The fourth-order valence-corrected chi connectivity index (χ4v) is 3.27. The first-order valence-corrected chi connectivity index (χ1v) is 8.12. The number of aromatic nitrogens is 3. The minimum Gasteiger partial charge on any atom is -0.481 e. The van der Waals surface area contributed by atoms with E-state index in [2.05, 4.69) is 15.0 Å². The van der Waals surface area contributed by atoms with Crippen LogP contribution in [-0.4, -0.2) is 39.4 Å². The molecule has 1 fully saturated rings. The van der Waals surface area contributed by atoms with Crippen molar-refractivity contribution < 1.29 is 13.9 Å². The number of likely N-dealkylation sites (tertiary alicyclic amines) is 1. The maximum Gasteiger partial charge on any atom is 0.254 e. The number of fused-ring (bicyclic) bond motifs is 1. The van der Waals surface area contributed by atoms with Crippen molar-refractivity contribution in [1.82, 2.24) is 19.9 Å². The maximum absolute atomic E-state index is 13.4. The van der Waals surface area contributed by atoms with Gasteiger partial charge in [-0.25, -0.2) is 14.4 Å². The van der Waals surface area contributed by atoms with E-state index in [-0.39, 0.29) is 17.8 Å². The second-order valence-corrected chi connectivity index (χ2v) is 6.03. The zero-order valence-electron chi connectivity index (χ0n) is 13.7. The molecule has 7 heteroatoms. The van der Waals surface area contributed by atoms with Crippen LogP contribution in [0.1, 0.15) is 35.1 Å². The van der Waals surface area contributed by atoms with E-state index in [0.29, 0.717) is 34.8 Å². The average Bonchev–Trinajstić information content (AvgIpc) is 3.27. The van der Waals surface area contributed by atoms with Gasteiger partial charge in [0.25, 0.3) is 5.91 Å². The number of rotatable bonds is 3. The Balaban J connectivity index is 1.65. The number of amides is 1. The van der Waals surface area contributed by atoms with Gasteiger partial charge in [-0.15, -0.1) is 0 Å². The van der Waals surface area contributed by atoms with Crippen LogP contribution in [0.2, 0.25) is 0 Å². The highest BCUT2D eigenvalue weighted by atomic mass is 19.1. The molecule has 3 heterocycles. The summed E-state index contributed by atoms with van der Waals surface area (Å²) in [5.74, 6) is 0.689. The van der Waals surface area contributed by atoms with Gasteiger partial charge < -0.3 is 14.6 Å². The summed E-state index contributed by atoms with van der Waals surface area (Å²) in [5.41, 5.74) is 1.86. The number of nitrogens with zero attached hydrogens (tertiary/aromatic N) is 3. The molecule has 25 heavy (non-hydrogen) atoms. The predicted octanol–water partition coefficient (Wildman–Crippen LogP) is 3.08. The van der Waals surface area contributed by atoms with E-state index < -0.39 is 0 Å². The van der Waals surface area contributed by atoms with Gasteiger partial charge in [-0.2, -0.15) is 0 Å². The minimum absolute atomic E-state index is 0.0881. The summed E-state index contributed by atoms with van der Waals surface area (Å²) in [6.07, 6.45) is 3.27. The number of imidazole rings is 1. The second-order valence-electron chi connectivity index (χ2n) is 6.03. The Hall–Kier alpha value is -2.96. The third-order valence-electron chi connectivity index (χ3n) is 4.48. The molecule has 1 aromatic carbocycles. The van der Waals surface area contributed by atoms with Crippen molar-refractivity contribution in [3.8, 4) is 5.88 Å². The summed E-state index contributed by atoms with van der Waals surface area (Å²) in [7, 11) is 1.52. The van der Waals surface area contributed by atoms with Crippen molar-refractivity contribution in [1.29, 1.82) is 0 Å². The number of hydrogen-bond acceptors (Lipinski definition) is 4. The van der Waals surface area contributed by atoms with Crippen LogP contribution in [0.15, 0.2) is 36.5 Å². The smallest absolute Gasteiger partial charge is 0.254 e. The van der Waals surface area contributed by atoms with Crippen LogP contribution < -0.4 is 4.74 Å². The minimum atomic E-state index is -0.314. The molecule has 1 aliphatic rings. The highest BCUT2D eigenvalue weighted by Crippen LogP contribution is 2.33. The number of carbonyl (C=O) groups excluding carboxylic acids is 1. The van der Waals surface area contributed by atoms with Crippen molar-refractivity contribution in [2.75, 3.05) is 13.7 Å². The van der Waals surface area contributed by atoms with Gasteiger partial charge >= 0.3 is 0 Å². The van der Waals surface area contributed by atoms with Crippen molar-refractivity contribution in [3.63, 3.8) is 0 Å². The number of pyridine rings is 1. The Morgan fingerprint density at radius 3 is 3.08 bits per heavy atom. The highest BCUT2D eigenvalue weighted by molar-refractivity contribution is 5.95. The van der Waals surface area contributed by atoms with Crippen LogP contribution in [0.25, 0.3) is 11.0 Å². The standard InChI is InChI=1S/C18H17FN4O2/c1-25-16-9-11(6-7-20-16)18(24)23-8-2-3-15(23)17-21-13-5-4-12(19)10-14(13)22-17/h4-7,9-10,15H,2-3,8H2,1H3,(H,21,22)/t15-/m0/s1. The molecule has 4 rings (SSSR count). The number of halogens is 1. The van der Waals surface area contributed by atoms with Crippen molar-refractivity contribution in [2.45, 2.75) is 18.9 Å². The molecule has 0 bridgehead atoms. The Labute approximate surface area is 143 Å². The fraction of sp³-hybridized carbons (Fsp3) is 0.278. The lowest BCUT2D eigenvalue weighted by atomic mass is 10.2. The fourth-order valence-electron chi connectivity index (χ4n) is 3.27. The number of aromatic amines is 1. The lowest BCUT2D eigenvalue weighted by Crippen LogP contribution is -2.31. The van der Waals surface area contributed by atoms with Crippen LogP contribution in [-0.2, 0) is 0 Å². The van der Waals surface area contributed by atoms with Crippen LogP contribution in [0.4, 0.5) is 4.39 Å². The predicted molar refractivity (Wildman–Crippen MR) is 89.9 cm³/mol. The van der Waals surface area contributed by atoms with Crippen molar-refractivity contribution >= 4 is 16.9 Å². The first-order valence-electron chi connectivity index (χ1n) is 8.12. The Morgan fingerprint density at radius 2 is 2.24 bits per heavy atom. The molecule has 1 N–H and O–H groups in total. The molecule has 2 aromatic heterocycles. The number of nitrogens with one attached hydrogen (secondary N) is 1. The van der Waals surface area contributed by atoms with Gasteiger partial charge in [-0.3, -0.25) is 4.79 Å². The summed E-state index contributed by atoms with van der Waals surface area (Å²) >= 11 is 0. The summed E-state index contributed by atoms with van der Waals surface area (Å²) in [5, 5.41) is 0. The van der Waals surface area contributed by atoms with Crippen molar-refractivity contribution in [2.24, 2.45) is 0 Å². The molecule has 128 valence electrons. The Bertz CT molecular complexity index is 940. The van der Waals surface area contributed by atoms with E-state index >= 15 is 0 Å². The molecule has 0 radical (unpaired) electrons. The number of ether oxygens (including phenoxy) is 1. The number of methoxy groups -OCH3 is 1. The molecule has 6 nitrogen and oxygen atoms in total. The van der Waals surface area contributed by atoms with E-state index in [1.54, 1.807) is 29.3 Å². The van der Waals surface area contributed by atoms with Gasteiger partial charge in [0.1, 0.15) is 11.6 Å². The summed E-state index contributed by atoms with van der Waals surface area (Å²) in [6.45, 7) is 0.652. The third kappa shape index (κ3) is 2.82. The van der Waals surface area contributed by atoms with Crippen LogP contribution in [0.3, 0.4) is 0 Å². The lowest BCUT2D eigenvalue weighted by Gasteiger charge is -2.23. The molecular formula is C18H17FN4O2. The monoisotopic (exact) mass is 340 g/mol. The molecule has 1 aliphatic heterocycles. The number of benzene rings is 1. The lowest BCUT2D eigenvalue weighted by molar-refractivity contribution is 0.0730. The van der Waals surface area contributed by atoms with Gasteiger partial charge in [0.2, 0.25) is 5.88 Å². The first kappa shape index (κ1) is 15.6. The maximum atomic E-state index is 13.4. The van der Waals surface area contributed by atoms with E-state index in [9.17, 15) is 9.18 Å². The molecule has 0 saturated carbocycles. The highest BCUT2D eigenvalue weighted by Gasteiger charge is 2.32. The Morgan fingerprint density at radius 1 is 1.36 bits per heavy atom. The normalized spacial score (nSPS) is 17.2. The summed E-state index contributed by atoms with van der Waals surface area (Å²) in [4.78, 5) is 26.4. The molecule has 1 atom stereocenters. The van der Waals surface area contributed by atoms with E-state index in [1.807, 2.05) is 0 Å². The number of hydrogen-bond donors (Lipinski definition) is 1.